The Morgan fingerprint density at radius 3 is 2.76 bits per heavy atom. The highest BCUT2D eigenvalue weighted by atomic mass is 79.9. The third kappa shape index (κ3) is 3.74. The van der Waals surface area contributed by atoms with E-state index in [-0.39, 0.29) is 0 Å². The van der Waals surface area contributed by atoms with Gasteiger partial charge in [-0.2, -0.15) is 0 Å². The van der Waals surface area contributed by atoms with Gasteiger partial charge in [-0.25, -0.2) is 0 Å². The first-order valence-electron chi connectivity index (χ1n) is 5.22. The van der Waals surface area contributed by atoms with Crippen molar-refractivity contribution in [3.63, 3.8) is 0 Å². The highest BCUT2D eigenvalue weighted by Gasteiger charge is 2.00. The summed E-state index contributed by atoms with van der Waals surface area (Å²) >= 11 is 5.11. The zero-order valence-electron chi connectivity index (χ0n) is 9.43. The maximum Gasteiger partial charge on any atom is 0.190 e. The zero-order chi connectivity index (χ0) is 12.1. The van der Waals surface area contributed by atoms with Crippen LogP contribution in [0.3, 0.4) is 0 Å². The molecule has 0 radical (unpaired) electrons. The normalized spacial score (nSPS) is 10.5. The third-order valence-electron chi connectivity index (χ3n) is 2.18. The number of aromatic nitrogens is 3. The van der Waals surface area contributed by atoms with Gasteiger partial charge < -0.3 is 9.88 Å². The van der Waals surface area contributed by atoms with E-state index in [9.17, 15) is 0 Å². The van der Waals surface area contributed by atoms with Crippen molar-refractivity contribution in [3.05, 3.63) is 35.1 Å². The summed E-state index contributed by atoms with van der Waals surface area (Å²) < 4.78 is 3.01. The first-order chi connectivity index (χ1) is 8.25. The van der Waals surface area contributed by atoms with Gasteiger partial charge in [0, 0.05) is 29.5 Å². The molecule has 0 spiro atoms. The van der Waals surface area contributed by atoms with Crippen molar-refractivity contribution in [3.8, 4) is 0 Å². The van der Waals surface area contributed by atoms with E-state index in [2.05, 4.69) is 43.6 Å². The molecule has 0 fully saturated rings. The lowest BCUT2D eigenvalue weighted by Crippen LogP contribution is -2.04. The molecule has 1 aromatic heterocycles. The van der Waals surface area contributed by atoms with Crippen molar-refractivity contribution in [1.29, 1.82) is 0 Å². The maximum absolute atomic E-state index is 4.01. The second-order valence-corrected chi connectivity index (χ2v) is 5.48. The average Bonchev–Trinajstić information content (AvgIpc) is 2.73. The van der Waals surface area contributed by atoms with Crippen LogP contribution in [0.5, 0.6) is 0 Å². The molecule has 0 bridgehead atoms. The molecule has 4 nitrogen and oxygen atoms in total. The Kier molecular flexibility index (Phi) is 4.44. The van der Waals surface area contributed by atoms with E-state index in [4.69, 9.17) is 0 Å². The molecule has 1 N–H and O–H groups in total. The van der Waals surface area contributed by atoms with Crippen LogP contribution in [0.25, 0.3) is 0 Å². The first kappa shape index (κ1) is 12.4. The standard InChI is InChI=1S/C11H13BrN4S/c1-16-8-14-15-11(16)17-7-6-13-10-4-2-9(12)3-5-10/h2-5,8,13H,6-7H2,1H3. The summed E-state index contributed by atoms with van der Waals surface area (Å²) in [5.74, 6) is 0.961. The van der Waals surface area contributed by atoms with Gasteiger partial charge in [0.1, 0.15) is 6.33 Å². The van der Waals surface area contributed by atoms with E-state index in [1.54, 1.807) is 18.1 Å². The fourth-order valence-electron chi connectivity index (χ4n) is 1.31. The fourth-order valence-corrected chi connectivity index (χ4v) is 2.32. The molecular formula is C11H13BrN4S. The van der Waals surface area contributed by atoms with E-state index in [1.165, 1.54) is 0 Å². The minimum Gasteiger partial charge on any atom is -0.384 e. The molecule has 1 aromatic carbocycles. The summed E-state index contributed by atoms with van der Waals surface area (Å²) in [6.45, 7) is 0.902. The molecular weight excluding hydrogens is 300 g/mol. The van der Waals surface area contributed by atoms with Gasteiger partial charge in [0.05, 0.1) is 0 Å². The lowest BCUT2D eigenvalue weighted by Gasteiger charge is -2.05. The first-order valence-corrected chi connectivity index (χ1v) is 7.00. The van der Waals surface area contributed by atoms with Crippen LogP contribution in [0.1, 0.15) is 0 Å². The molecule has 0 saturated carbocycles. The number of hydrogen-bond acceptors (Lipinski definition) is 4. The van der Waals surface area contributed by atoms with Crippen molar-refractivity contribution in [1.82, 2.24) is 14.8 Å². The monoisotopic (exact) mass is 312 g/mol. The number of hydrogen-bond donors (Lipinski definition) is 1. The minimum absolute atomic E-state index is 0.902. The Hall–Kier alpha value is -1.01. The summed E-state index contributed by atoms with van der Waals surface area (Å²) in [5.41, 5.74) is 1.13. The Morgan fingerprint density at radius 1 is 1.35 bits per heavy atom. The lowest BCUT2D eigenvalue weighted by molar-refractivity contribution is 0.788. The van der Waals surface area contributed by atoms with Crippen molar-refractivity contribution in [2.24, 2.45) is 7.05 Å². The van der Waals surface area contributed by atoms with E-state index >= 15 is 0 Å². The smallest absolute Gasteiger partial charge is 0.190 e. The van der Waals surface area contributed by atoms with Gasteiger partial charge in [0.15, 0.2) is 5.16 Å². The topological polar surface area (TPSA) is 42.7 Å². The Morgan fingerprint density at radius 2 is 2.12 bits per heavy atom. The lowest BCUT2D eigenvalue weighted by atomic mass is 10.3. The van der Waals surface area contributed by atoms with Gasteiger partial charge in [-0.15, -0.1) is 10.2 Å². The molecule has 2 rings (SSSR count). The third-order valence-corrected chi connectivity index (χ3v) is 3.74. The van der Waals surface area contributed by atoms with Crippen molar-refractivity contribution >= 4 is 33.4 Å². The SMILES string of the molecule is Cn1cnnc1SCCNc1ccc(Br)cc1. The van der Waals surface area contributed by atoms with Crippen LogP contribution < -0.4 is 5.32 Å². The van der Waals surface area contributed by atoms with Crippen LogP contribution >= 0.6 is 27.7 Å². The number of anilines is 1. The number of nitrogens with zero attached hydrogens (tertiary/aromatic N) is 3. The molecule has 17 heavy (non-hydrogen) atoms. The maximum atomic E-state index is 4.01. The minimum atomic E-state index is 0.902. The number of thioether (sulfide) groups is 1. The quantitative estimate of drug-likeness (QED) is 0.681. The summed E-state index contributed by atoms with van der Waals surface area (Å²) in [7, 11) is 1.95. The molecule has 90 valence electrons. The highest BCUT2D eigenvalue weighted by molar-refractivity contribution is 9.10. The van der Waals surface area contributed by atoms with Crippen LogP contribution in [0.4, 0.5) is 5.69 Å². The summed E-state index contributed by atoms with van der Waals surface area (Å²) in [6.07, 6.45) is 1.71. The summed E-state index contributed by atoms with van der Waals surface area (Å²) in [5, 5.41) is 12.2. The molecule has 0 aliphatic rings. The van der Waals surface area contributed by atoms with Gasteiger partial charge in [-0.05, 0) is 24.3 Å². The molecule has 2 aromatic rings. The Balaban J connectivity index is 1.73. The van der Waals surface area contributed by atoms with E-state index in [1.807, 2.05) is 23.7 Å². The Labute approximate surface area is 113 Å². The van der Waals surface area contributed by atoms with E-state index < -0.39 is 0 Å². The van der Waals surface area contributed by atoms with Crippen LogP contribution in [0.15, 0.2) is 40.2 Å². The predicted octanol–water partition coefficient (Wildman–Crippen LogP) is 2.78. The van der Waals surface area contributed by atoms with Gasteiger partial charge in [-0.1, -0.05) is 27.7 Å². The highest BCUT2D eigenvalue weighted by Crippen LogP contribution is 2.15. The number of halogens is 1. The van der Waals surface area contributed by atoms with Gasteiger partial charge >= 0.3 is 0 Å². The molecule has 0 saturated heterocycles. The van der Waals surface area contributed by atoms with Gasteiger partial charge in [0.2, 0.25) is 0 Å². The van der Waals surface area contributed by atoms with Gasteiger partial charge in [-0.3, -0.25) is 0 Å². The van der Waals surface area contributed by atoms with Crippen molar-refractivity contribution in [2.75, 3.05) is 17.6 Å². The molecule has 0 amide bonds. The number of benzene rings is 1. The number of aryl methyl sites for hydroxylation is 1. The zero-order valence-corrected chi connectivity index (χ0v) is 11.8. The van der Waals surface area contributed by atoms with Crippen LogP contribution in [-0.4, -0.2) is 27.1 Å². The van der Waals surface area contributed by atoms with E-state index in [0.29, 0.717) is 0 Å². The van der Waals surface area contributed by atoms with Gasteiger partial charge in [0.25, 0.3) is 0 Å². The second-order valence-electron chi connectivity index (χ2n) is 3.51. The molecule has 1 heterocycles. The second kappa shape index (κ2) is 6.07. The molecule has 6 heteroatoms. The Bertz CT molecular complexity index is 469. The molecule has 0 aliphatic heterocycles. The van der Waals surface area contributed by atoms with Crippen LogP contribution in [0, 0.1) is 0 Å². The summed E-state index contributed by atoms with van der Waals surface area (Å²) in [6, 6.07) is 8.16. The average molecular weight is 313 g/mol. The molecule has 0 atom stereocenters. The molecule has 0 aliphatic carbocycles. The van der Waals surface area contributed by atoms with E-state index in [0.717, 1.165) is 27.6 Å². The number of nitrogens with one attached hydrogen (secondary N) is 1. The number of rotatable bonds is 5. The predicted molar refractivity (Wildman–Crippen MR) is 74.4 cm³/mol. The fraction of sp³-hybridized carbons (Fsp3) is 0.273. The summed E-state index contributed by atoms with van der Waals surface area (Å²) in [4.78, 5) is 0. The van der Waals surface area contributed by atoms with Crippen molar-refractivity contribution in [2.45, 2.75) is 5.16 Å². The molecule has 0 unspecified atom stereocenters. The van der Waals surface area contributed by atoms with Crippen molar-refractivity contribution < 1.29 is 0 Å². The van der Waals surface area contributed by atoms with Crippen LogP contribution in [0.2, 0.25) is 0 Å². The largest absolute Gasteiger partial charge is 0.384 e. The van der Waals surface area contributed by atoms with Crippen LogP contribution in [-0.2, 0) is 7.05 Å².